The van der Waals surface area contributed by atoms with Gasteiger partial charge in [0.25, 0.3) is 0 Å². The highest BCUT2D eigenvalue weighted by Crippen LogP contribution is 2.31. The van der Waals surface area contributed by atoms with Crippen LogP contribution in [0.1, 0.15) is 18.1 Å². The predicted molar refractivity (Wildman–Crippen MR) is 90.3 cm³/mol. The first-order valence-electron chi connectivity index (χ1n) is 7.38. The van der Waals surface area contributed by atoms with E-state index in [1.807, 2.05) is 43.3 Å². The molecule has 3 nitrogen and oxygen atoms in total. The van der Waals surface area contributed by atoms with Crippen LogP contribution in [0, 0.1) is 0 Å². The molecule has 0 spiro atoms. The van der Waals surface area contributed by atoms with Crippen LogP contribution in [-0.2, 0) is 13.1 Å². The van der Waals surface area contributed by atoms with Crippen LogP contribution >= 0.6 is 0 Å². The number of ether oxygens (including phenoxy) is 2. The second kappa shape index (κ2) is 8.25. The van der Waals surface area contributed by atoms with Gasteiger partial charge in [0.15, 0.2) is 11.5 Å². The third-order valence-corrected chi connectivity index (χ3v) is 3.23. The number of benzene rings is 2. The first kappa shape index (κ1) is 16.1. The first-order chi connectivity index (χ1) is 10.7. The number of hydrogen-bond acceptors (Lipinski definition) is 3. The van der Waals surface area contributed by atoms with E-state index in [-0.39, 0.29) is 0 Å². The zero-order valence-corrected chi connectivity index (χ0v) is 13.3. The molecule has 1 N–H and O–H groups in total. The van der Waals surface area contributed by atoms with Crippen molar-refractivity contribution in [3.63, 3.8) is 0 Å². The average molecular weight is 297 g/mol. The maximum Gasteiger partial charge on any atom is 0.166 e. The molecule has 0 amide bonds. The van der Waals surface area contributed by atoms with Crippen LogP contribution in [0.2, 0.25) is 0 Å². The van der Waals surface area contributed by atoms with E-state index in [4.69, 9.17) is 9.47 Å². The SMILES string of the molecule is C=C(C)COc1c(CNCc2ccccc2)cccc1OC. The van der Waals surface area contributed by atoms with Crippen LogP contribution in [0.25, 0.3) is 0 Å². The highest BCUT2D eigenvalue weighted by Gasteiger charge is 2.10. The zero-order chi connectivity index (χ0) is 15.8. The summed E-state index contributed by atoms with van der Waals surface area (Å²) in [6.45, 7) is 7.85. The standard InChI is InChI=1S/C19H23NO2/c1-15(2)14-22-19-17(10-7-11-18(19)21-3)13-20-12-16-8-5-4-6-9-16/h4-11,20H,1,12-14H2,2-3H3. The van der Waals surface area contributed by atoms with Gasteiger partial charge in [-0.1, -0.05) is 49.0 Å². The van der Waals surface area contributed by atoms with E-state index in [0.29, 0.717) is 6.61 Å². The van der Waals surface area contributed by atoms with Gasteiger partial charge in [0.05, 0.1) is 7.11 Å². The van der Waals surface area contributed by atoms with E-state index in [2.05, 4.69) is 24.0 Å². The molecular formula is C19H23NO2. The summed E-state index contributed by atoms with van der Waals surface area (Å²) in [5, 5.41) is 3.44. The second-order valence-electron chi connectivity index (χ2n) is 5.28. The van der Waals surface area contributed by atoms with Crippen LogP contribution in [0.15, 0.2) is 60.7 Å². The minimum absolute atomic E-state index is 0.492. The van der Waals surface area contributed by atoms with Crippen LogP contribution in [0.3, 0.4) is 0 Å². The van der Waals surface area contributed by atoms with Crippen molar-refractivity contribution in [3.05, 3.63) is 71.8 Å². The van der Waals surface area contributed by atoms with E-state index in [0.717, 1.165) is 35.7 Å². The molecule has 116 valence electrons. The fourth-order valence-corrected chi connectivity index (χ4v) is 2.16. The lowest BCUT2D eigenvalue weighted by atomic mass is 10.1. The van der Waals surface area contributed by atoms with E-state index < -0.39 is 0 Å². The van der Waals surface area contributed by atoms with Crippen molar-refractivity contribution in [1.29, 1.82) is 0 Å². The van der Waals surface area contributed by atoms with Gasteiger partial charge in [-0.25, -0.2) is 0 Å². The summed E-state index contributed by atoms with van der Waals surface area (Å²) in [6, 6.07) is 16.3. The Bertz CT molecular complexity index is 608. The molecule has 0 fully saturated rings. The van der Waals surface area contributed by atoms with E-state index in [9.17, 15) is 0 Å². The number of methoxy groups -OCH3 is 1. The van der Waals surface area contributed by atoms with Gasteiger partial charge in [-0.15, -0.1) is 0 Å². The van der Waals surface area contributed by atoms with Crippen molar-refractivity contribution in [2.45, 2.75) is 20.0 Å². The van der Waals surface area contributed by atoms with Gasteiger partial charge < -0.3 is 14.8 Å². The number of hydrogen-bond donors (Lipinski definition) is 1. The fourth-order valence-electron chi connectivity index (χ4n) is 2.16. The Morgan fingerprint density at radius 3 is 2.50 bits per heavy atom. The van der Waals surface area contributed by atoms with Crippen LogP contribution < -0.4 is 14.8 Å². The average Bonchev–Trinajstić information content (AvgIpc) is 2.54. The number of para-hydroxylation sites is 1. The lowest BCUT2D eigenvalue weighted by Crippen LogP contribution is -2.14. The summed E-state index contributed by atoms with van der Waals surface area (Å²) in [6.07, 6.45) is 0. The molecule has 0 aromatic heterocycles. The molecule has 0 aliphatic carbocycles. The van der Waals surface area contributed by atoms with E-state index in [1.165, 1.54) is 5.56 Å². The largest absolute Gasteiger partial charge is 0.493 e. The number of nitrogens with one attached hydrogen (secondary N) is 1. The third kappa shape index (κ3) is 4.64. The quantitative estimate of drug-likeness (QED) is 0.749. The maximum absolute atomic E-state index is 5.86. The Hall–Kier alpha value is -2.26. The maximum atomic E-state index is 5.86. The minimum atomic E-state index is 0.492. The Kier molecular flexibility index (Phi) is 6.04. The molecule has 0 unspecified atom stereocenters. The molecule has 22 heavy (non-hydrogen) atoms. The monoisotopic (exact) mass is 297 g/mol. The highest BCUT2D eigenvalue weighted by atomic mass is 16.5. The van der Waals surface area contributed by atoms with Crippen LogP contribution in [0.4, 0.5) is 0 Å². The first-order valence-corrected chi connectivity index (χ1v) is 7.38. The summed E-state index contributed by atoms with van der Waals surface area (Å²) in [5.41, 5.74) is 3.32. The van der Waals surface area contributed by atoms with Crippen LogP contribution in [0.5, 0.6) is 11.5 Å². The third-order valence-electron chi connectivity index (χ3n) is 3.23. The molecule has 2 aromatic carbocycles. The summed E-state index contributed by atoms with van der Waals surface area (Å²) < 4.78 is 11.3. The zero-order valence-electron chi connectivity index (χ0n) is 13.3. The molecule has 0 aliphatic rings. The lowest BCUT2D eigenvalue weighted by molar-refractivity contribution is 0.315. The van der Waals surface area contributed by atoms with Crippen molar-refractivity contribution < 1.29 is 9.47 Å². The highest BCUT2D eigenvalue weighted by molar-refractivity contribution is 5.46. The van der Waals surface area contributed by atoms with Gasteiger partial charge in [-0.3, -0.25) is 0 Å². The summed E-state index contributed by atoms with van der Waals surface area (Å²) in [7, 11) is 1.66. The molecule has 0 saturated carbocycles. The molecule has 2 aromatic rings. The van der Waals surface area contributed by atoms with Gasteiger partial charge in [0.1, 0.15) is 6.61 Å². The molecule has 0 heterocycles. The summed E-state index contributed by atoms with van der Waals surface area (Å²) >= 11 is 0. The molecule has 0 saturated heterocycles. The Labute approximate surface area is 132 Å². The molecule has 3 heteroatoms. The molecule has 0 aliphatic heterocycles. The van der Waals surface area contributed by atoms with Crippen molar-refractivity contribution in [2.24, 2.45) is 0 Å². The van der Waals surface area contributed by atoms with Gasteiger partial charge in [-0.05, 0) is 24.1 Å². The molecule has 0 radical (unpaired) electrons. The minimum Gasteiger partial charge on any atom is -0.493 e. The molecular weight excluding hydrogens is 274 g/mol. The van der Waals surface area contributed by atoms with E-state index >= 15 is 0 Å². The number of rotatable bonds is 8. The Morgan fingerprint density at radius 2 is 1.82 bits per heavy atom. The van der Waals surface area contributed by atoms with Crippen LogP contribution in [-0.4, -0.2) is 13.7 Å². The van der Waals surface area contributed by atoms with Gasteiger partial charge >= 0.3 is 0 Å². The normalized spacial score (nSPS) is 10.3. The second-order valence-corrected chi connectivity index (χ2v) is 5.28. The predicted octanol–water partition coefficient (Wildman–Crippen LogP) is 3.94. The Balaban J connectivity index is 2.04. The Morgan fingerprint density at radius 1 is 1.05 bits per heavy atom. The van der Waals surface area contributed by atoms with Gasteiger partial charge in [-0.2, -0.15) is 0 Å². The van der Waals surface area contributed by atoms with Crippen molar-refractivity contribution in [2.75, 3.05) is 13.7 Å². The van der Waals surface area contributed by atoms with Crippen molar-refractivity contribution >= 4 is 0 Å². The van der Waals surface area contributed by atoms with Gasteiger partial charge in [0, 0.05) is 18.7 Å². The topological polar surface area (TPSA) is 30.5 Å². The molecule has 2 rings (SSSR count). The van der Waals surface area contributed by atoms with E-state index in [1.54, 1.807) is 7.11 Å². The summed E-state index contributed by atoms with van der Waals surface area (Å²) in [4.78, 5) is 0. The smallest absolute Gasteiger partial charge is 0.166 e. The lowest BCUT2D eigenvalue weighted by Gasteiger charge is -2.15. The molecule has 0 atom stereocenters. The summed E-state index contributed by atoms with van der Waals surface area (Å²) in [5.74, 6) is 1.54. The fraction of sp³-hybridized carbons (Fsp3) is 0.263. The van der Waals surface area contributed by atoms with Crippen molar-refractivity contribution in [3.8, 4) is 11.5 Å². The molecule has 0 bridgehead atoms. The van der Waals surface area contributed by atoms with Crippen molar-refractivity contribution in [1.82, 2.24) is 5.32 Å². The van der Waals surface area contributed by atoms with Gasteiger partial charge in [0.2, 0.25) is 0 Å².